The van der Waals surface area contributed by atoms with E-state index in [1.54, 1.807) is 6.07 Å². The number of hydrogen-bond donors (Lipinski definition) is 0. The molecule has 0 saturated heterocycles. The van der Waals surface area contributed by atoms with Gasteiger partial charge in [-0.05, 0) is 24.6 Å². The van der Waals surface area contributed by atoms with E-state index in [4.69, 9.17) is 27.9 Å². The summed E-state index contributed by atoms with van der Waals surface area (Å²) in [7, 11) is 0. The molecule has 98 valence electrons. The van der Waals surface area contributed by atoms with Crippen LogP contribution in [0.15, 0.2) is 42.5 Å². The Morgan fingerprint density at radius 3 is 2.47 bits per heavy atom. The number of carbonyl (C=O) groups excluding carboxylic acids is 1. The van der Waals surface area contributed by atoms with Gasteiger partial charge in [-0.15, -0.1) is 0 Å². The molecule has 2 aromatic carbocycles. The van der Waals surface area contributed by atoms with Crippen molar-refractivity contribution in [2.45, 2.75) is 13.0 Å². The minimum atomic E-state index is -0.210. The summed E-state index contributed by atoms with van der Waals surface area (Å²) in [6.45, 7) is 1.90. The molecule has 2 rings (SSSR count). The molecule has 0 fully saturated rings. The zero-order valence-electron chi connectivity index (χ0n) is 10.3. The van der Waals surface area contributed by atoms with E-state index in [1.165, 1.54) is 6.07 Å². The minimum absolute atomic E-state index is 0.210. The van der Waals surface area contributed by atoms with Crippen molar-refractivity contribution < 1.29 is 9.53 Å². The van der Waals surface area contributed by atoms with Gasteiger partial charge < -0.3 is 4.74 Å². The van der Waals surface area contributed by atoms with Crippen LogP contribution in [0, 0.1) is 0 Å². The van der Waals surface area contributed by atoms with Crippen molar-refractivity contribution >= 4 is 29.5 Å². The summed E-state index contributed by atoms with van der Waals surface area (Å²) in [6, 6.07) is 12.8. The number of ether oxygens (including phenoxy) is 1. The van der Waals surface area contributed by atoms with Crippen LogP contribution in [0.1, 0.15) is 28.9 Å². The van der Waals surface area contributed by atoms with Gasteiger partial charge in [0.1, 0.15) is 11.9 Å². The number of hydrogen-bond acceptors (Lipinski definition) is 2. The lowest BCUT2D eigenvalue weighted by molar-refractivity contribution is 0.111. The first kappa shape index (κ1) is 13.9. The smallest absolute Gasteiger partial charge is 0.153 e. The predicted octanol–water partition coefficient (Wildman–Crippen LogP) is 4.95. The molecule has 2 aromatic rings. The summed E-state index contributed by atoms with van der Waals surface area (Å²) in [5, 5.41) is 0.740. The van der Waals surface area contributed by atoms with Gasteiger partial charge in [-0.25, -0.2) is 0 Å². The summed E-state index contributed by atoms with van der Waals surface area (Å²) in [4.78, 5) is 11.1. The van der Waals surface area contributed by atoms with Crippen LogP contribution in [0.25, 0.3) is 0 Å². The van der Waals surface area contributed by atoms with Gasteiger partial charge in [0, 0.05) is 5.02 Å². The highest BCUT2D eigenvalue weighted by Crippen LogP contribution is 2.34. The number of rotatable bonds is 4. The van der Waals surface area contributed by atoms with Crippen LogP contribution in [-0.4, -0.2) is 6.29 Å². The van der Waals surface area contributed by atoms with Gasteiger partial charge in [-0.1, -0.05) is 53.5 Å². The first-order chi connectivity index (χ1) is 9.11. The third kappa shape index (κ3) is 3.28. The molecule has 0 spiro atoms. The van der Waals surface area contributed by atoms with E-state index in [0.29, 0.717) is 27.6 Å². The Hall–Kier alpha value is -1.51. The Labute approximate surface area is 121 Å². The Balaban J connectivity index is 2.31. The molecule has 0 aliphatic rings. The molecule has 19 heavy (non-hydrogen) atoms. The lowest BCUT2D eigenvalue weighted by atomic mass is 10.1. The monoisotopic (exact) mass is 294 g/mol. The molecule has 0 bridgehead atoms. The van der Waals surface area contributed by atoms with Crippen molar-refractivity contribution in [3.8, 4) is 5.75 Å². The van der Waals surface area contributed by atoms with Gasteiger partial charge in [0.15, 0.2) is 6.29 Å². The van der Waals surface area contributed by atoms with E-state index in [-0.39, 0.29) is 6.10 Å². The van der Waals surface area contributed by atoms with Crippen LogP contribution in [0.4, 0.5) is 0 Å². The Bertz CT molecular complexity index is 582. The third-order valence-electron chi connectivity index (χ3n) is 2.73. The fourth-order valence-corrected chi connectivity index (χ4v) is 2.31. The normalized spacial score (nSPS) is 11.9. The average molecular weight is 295 g/mol. The van der Waals surface area contributed by atoms with Crippen LogP contribution in [0.3, 0.4) is 0 Å². The predicted molar refractivity (Wildman–Crippen MR) is 77.3 cm³/mol. The highest BCUT2D eigenvalue weighted by molar-refractivity contribution is 6.36. The third-order valence-corrected chi connectivity index (χ3v) is 3.23. The van der Waals surface area contributed by atoms with Crippen molar-refractivity contribution in [2.75, 3.05) is 0 Å². The number of halogens is 2. The van der Waals surface area contributed by atoms with E-state index in [1.807, 2.05) is 37.3 Å². The first-order valence-corrected chi connectivity index (χ1v) is 6.53. The number of carbonyl (C=O) groups is 1. The van der Waals surface area contributed by atoms with Crippen LogP contribution in [0.5, 0.6) is 5.75 Å². The van der Waals surface area contributed by atoms with Gasteiger partial charge in [0.2, 0.25) is 0 Å². The lowest BCUT2D eigenvalue weighted by Gasteiger charge is -2.17. The van der Waals surface area contributed by atoms with Crippen molar-refractivity contribution in [3.63, 3.8) is 0 Å². The fourth-order valence-electron chi connectivity index (χ4n) is 1.76. The molecular formula is C15H12Cl2O2. The molecule has 0 aliphatic carbocycles. The zero-order valence-corrected chi connectivity index (χ0v) is 11.8. The molecule has 4 heteroatoms. The number of benzene rings is 2. The standard InChI is InChI=1S/C15H12Cl2O2/c1-10(11-5-3-2-4-6-11)19-15-12(9-18)7-13(16)8-14(15)17/h2-10H,1H3. The van der Waals surface area contributed by atoms with E-state index in [0.717, 1.165) is 5.56 Å². The molecule has 0 amide bonds. The quantitative estimate of drug-likeness (QED) is 0.746. The summed E-state index contributed by atoms with van der Waals surface area (Å²) >= 11 is 11.9. The Kier molecular flexibility index (Phi) is 4.46. The molecule has 0 radical (unpaired) electrons. The fraction of sp³-hybridized carbons (Fsp3) is 0.133. The van der Waals surface area contributed by atoms with E-state index in [9.17, 15) is 4.79 Å². The van der Waals surface area contributed by atoms with Crippen molar-refractivity contribution in [2.24, 2.45) is 0 Å². The summed E-state index contributed by atoms with van der Waals surface area (Å²) in [5.74, 6) is 0.359. The number of aldehydes is 1. The molecule has 0 aromatic heterocycles. The van der Waals surface area contributed by atoms with Crippen LogP contribution in [0.2, 0.25) is 10.0 Å². The maximum atomic E-state index is 11.1. The molecule has 1 atom stereocenters. The van der Waals surface area contributed by atoms with E-state index < -0.39 is 0 Å². The molecular weight excluding hydrogens is 283 g/mol. The van der Waals surface area contributed by atoms with E-state index >= 15 is 0 Å². The molecule has 0 heterocycles. The van der Waals surface area contributed by atoms with Gasteiger partial charge in [0.25, 0.3) is 0 Å². The second-order valence-electron chi connectivity index (χ2n) is 4.09. The van der Waals surface area contributed by atoms with Crippen LogP contribution < -0.4 is 4.74 Å². The Morgan fingerprint density at radius 2 is 1.84 bits per heavy atom. The van der Waals surface area contributed by atoms with Crippen LogP contribution >= 0.6 is 23.2 Å². The highest BCUT2D eigenvalue weighted by Gasteiger charge is 2.14. The zero-order chi connectivity index (χ0) is 13.8. The molecule has 2 nitrogen and oxygen atoms in total. The van der Waals surface area contributed by atoms with E-state index in [2.05, 4.69) is 0 Å². The van der Waals surface area contributed by atoms with Crippen molar-refractivity contribution in [1.29, 1.82) is 0 Å². The van der Waals surface area contributed by atoms with Crippen molar-refractivity contribution in [1.82, 2.24) is 0 Å². The minimum Gasteiger partial charge on any atom is -0.484 e. The molecule has 0 N–H and O–H groups in total. The second-order valence-corrected chi connectivity index (χ2v) is 4.94. The summed E-state index contributed by atoms with van der Waals surface area (Å²) in [6.07, 6.45) is 0.476. The topological polar surface area (TPSA) is 26.3 Å². The maximum absolute atomic E-state index is 11.1. The van der Waals surface area contributed by atoms with Crippen molar-refractivity contribution in [3.05, 3.63) is 63.6 Å². The molecule has 0 saturated carbocycles. The van der Waals surface area contributed by atoms with Gasteiger partial charge in [-0.3, -0.25) is 4.79 Å². The summed E-state index contributed by atoms with van der Waals surface area (Å²) in [5.41, 5.74) is 1.35. The van der Waals surface area contributed by atoms with Gasteiger partial charge in [0.05, 0.1) is 10.6 Å². The van der Waals surface area contributed by atoms with Gasteiger partial charge in [-0.2, -0.15) is 0 Å². The first-order valence-electron chi connectivity index (χ1n) is 5.77. The SMILES string of the molecule is CC(Oc1c(Cl)cc(Cl)cc1C=O)c1ccccc1. The maximum Gasteiger partial charge on any atom is 0.153 e. The van der Waals surface area contributed by atoms with Gasteiger partial charge >= 0.3 is 0 Å². The average Bonchev–Trinajstić information content (AvgIpc) is 2.42. The molecule has 0 aliphatic heterocycles. The summed E-state index contributed by atoms with van der Waals surface area (Å²) < 4.78 is 5.79. The Morgan fingerprint density at radius 1 is 1.16 bits per heavy atom. The second kappa shape index (κ2) is 6.09. The van der Waals surface area contributed by atoms with Crippen LogP contribution in [-0.2, 0) is 0 Å². The lowest BCUT2D eigenvalue weighted by Crippen LogP contribution is -2.05. The molecule has 1 unspecified atom stereocenters. The largest absolute Gasteiger partial charge is 0.484 e. The highest BCUT2D eigenvalue weighted by atomic mass is 35.5.